The van der Waals surface area contributed by atoms with Gasteiger partial charge in [-0.25, -0.2) is 9.36 Å². The Morgan fingerprint density at radius 1 is 1.47 bits per heavy atom. The molecule has 0 fully saturated rings. The van der Waals surface area contributed by atoms with Crippen molar-refractivity contribution in [1.82, 2.24) is 9.47 Å². The summed E-state index contributed by atoms with van der Waals surface area (Å²) >= 11 is 0. The molecule has 1 rings (SSSR count). The average molecular weight is 210 g/mol. The second-order valence-corrected chi connectivity index (χ2v) is 5.19. The maximum atomic E-state index is 11.9. The lowest BCUT2D eigenvalue weighted by molar-refractivity contribution is -0.670. The molecule has 0 spiro atoms. The van der Waals surface area contributed by atoms with Crippen LogP contribution in [-0.2, 0) is 7.05 Å². The van der Waals surface area contributed by atoms with E-state index in [-0.39, 0.29) is 11.4 Å². The summed E-state index contributed by atoms with van der Waals surface area (Å²) in [5, 5.41) is 0. The van der Waals surface area contributed by atoms with E-state index in [0.29, 0.717) is 0 Å². The Morgan fingerprint density at radius 2 is 2.07 bits per heavy atom. The molecule has 0 aliphatic carbocycles. The number of carbonyl (C=O) groups is 1. The first-order valence-corrected chi connectivity index (χ1v) is 5.08. The molecule has 0 bridgehead atoms. The van der Waals surface area contributed by atoms with Crippen molar-refractivity contribution in [3.63, 3.8) is 0 Å². The normalized spacial score (nSPS) is 11.5. The van der Waals surface area contributed by atoms with Crippen molar-refractivity contribution >= 4 is 6.03 Å². The number of hydrogen-bond acceptors (Lipinski definition) is 1. The van der Waals surface area contributed by atoms with E-state index in [1.165, 1.54) is 0 Å². The summed E-state index contributed by atoms with van der Waals surface area (Å²) in [4.78, 5) is 13.6. The molecule has 0 N–H and O–H groups in total. The molecule has 0 aliphatic rings. The fourth-order valence-electron chi connectivity index (χ4n) is 1.54. The van der Waals surface area contributed by atoms with Crippen LogP contribution in [0.3, 0.4) is 0 Å². The van der Waals surface area contributed by atoms with Crippen LogP contribution in [0.15, 0.2) is 18.7 Å². The highest BCUT2D eigenvalue weighted by molar-refractivity contribution is 5.76. The molecule has 0 unspecified atom stereocenters. The molecule has 4 nitrogen and oxygen atoms in total. The summed E-state index contributed by atoms with van der Waals surface area (Å²) in [5.74, 6) is 0. The van der Waals surface area contributed by atoms with Crippen LogP contribution in [0.5, 0.6) is 0 Å². The van der Waals surface area contributed by atoms with Gasteiger partial charge in [0, 0.05) is 13.6 Å². The molecule has 1 aromatic rings. The second-order valence-electron chi connectivity index (χ2n) is 5.19. The monoisotopic (exact) mass is 210 g/mol. The smallest absolute Gasteiger partial charge is 0.307 e. The van der Waals surface area contributed by atoms with Gasteiger partial charge in [0.05, 0.1) is 7.05 Å². The first kappa shape index (κ1) is 11.8. The van der Waals surface area contributed by atoms with Crippen molar-refractivity contribution in [3.8, 4) is 0 Å². The van der Waals surface area contributed by atoms with Crippen LogP contribution in [0.1, 0.15) is 20.8 Å². The topological polar surface area (TPSA) is 29.1 Å². The van der Waals surface area contributed by atoms with E-state index in [4.69, 9.17) is 0 Å². The predicted molar refractivity (Wildman–Crippen MR) is 58.5 cm³/mol. The van der Waals surface area contributed by atoms with Gasteiger partial charge in [0.25, 0.3) is 6.33 Å². The lowest BCUT2D eigenvalue weighted by Crippen LogP contribution is -2.37. The minimum absolute atomic E-state index is 0.00512. The molecule has 0 aromatic carbocycles. The van der Waals surface area contributed by atoms with Crippen molar-refractivity contribution in [2.45, 2.75) is 20.8 Å². The maximum absolute atomic E-state index is 11.9. The molecule has 1 amide bonds. The van der Waals surface area contributed by atoms with Crippen molar-refractivity contribution in [3.05, 3.63) is 18.7 Å². The Balaban J connectivity index is 2.69. The van der Waals surface area contributed by atoms with E-state index in [1.807, 2.05) is 24.9 Å². The number of nitrogens with zero attached hydrogens (tertiary/aromatic N) is 3. The Kier molecular flexibility index (Phi) is 3.17. The first-order valence-electron chi connectivity index (χ1n) is 5.08. The summed E-state index contributed by atoms with van der Waals surface area (Å²) in [6, 6.07) is 0.00512. The van der Waals surface area contributed by atoms with Gasteiger partial charge in [-0.2, -0.15) is 4.57 Å². The molecule has 0 radical (unpaired) electrons. The lowest BCUT2D eigenvalue weighted by atomic mass is 9.96. The van der Waals surface area contributed by atoms with Crippen molar-refractivity contribution < 1.29 is 9.36 Å². The number of amides is 1. The summed E-state index contributed by atoms with van der Waals surface area (Å²) < 4.78 is 3.44. The third kappa shape index (κ3) is 3.38. The molecule has 0 atom stereocenters. The highest BCUT2D eigenvalue weighted by Crippen LogP contribution is 2.14. The van der Waals surface area contributed by atoms with Gasteiger partial charge >= 0.3 is 6.03 Å². The highest BCUT2D eigenvalue weighted by atomic mass is 16.2. The molecule has 0 saturated carbocycles. The van der Waals surface area contributed by atoms with Crippen LogP contribution < -0.4 is 4.57 Å². The van der Waals surface area contributed by atoms with Gasteiger partial charge in [0.15, 0.2) is 0 Å². The minimum Gasteiger partial charge on any atom is -0.307 e. The van der Waals surface area contributed by atoms with Gasteiger partial charge in [-0.15, -0.1) is 0 Å². The molecular formula is C11H20N3O+. The van der Waals surface area contributed by atoms with Gasteiger partial charge in [-0.3, -0.25) is 0 Å². The van der Waals surface area contributed by atoms with Gasteiger partial charge < -0.3 is 4.90 Å². The zero-order chi connectivity index (χ0) is 11.6. The number of imidazole rings is 1. The van der Waals surface area contributed by atoms with E-state index in [0.717, 1.165) is 6.54 Å². The molecule has 1 heterocycles. The van der Waals surface area contributed by atoms with E-state index in [2.05, 4.69) is 20.8 Å². The third-order valence-electron chi connectivity index (χ3n) is 2.03. The predicted octanol–water partition coefficient (Wildman–Crippen LogP) is 1.26. The van der Waals surface area contributed by atoms with Crippen molar-refractivity contribution in [2.75, 3.05) is 13.6 Å². The van der Waals surface area contributed by atoms with Crippen molar-refractivity contribution in [1.29, 1.82) is 0 Å². The van der Waals surface area contributed by atoms with E-state index < -0.39 is 0 Å². The summed E-state index contributed by atoms with van der Waals surface area (Å²) in [7, 11) is 3.72. The van der Waals surface area contributed by atoms with Crippen LogP contribution >= 0.6 is 0 Å². The fourth-order valence-corrected chi connectivity index (χ4v) is 1.54. The van der Waals surface area contributed by atoms with Crippen LogP contribution in [0, 0.1) is 5.41 Å². The first-order chi connectivity index (χ1) is 6.79. The number of aryl methyl sites for hydroxylation is 1. The molecule has 84 valence electrons. The Labute approximate surface area is 91.1 Å². The van der Waals surface area contributed by atoms with Crippen LogP contribution in [0.2, 0.25) is 0 Å². The number of carbonyl (C=O) groups excluding carboxylic acids is 1. The second kappa shape index (κ2) is 4.04. The standard InChI is InChI=1S/C11H20N3O/c1-11(2,3)8-13(5)10(15)14-7-6-12(4)9-14/h6-7,9H,8H2,1-5H3/q+1. The molecule has 0 aliphatic heterocycles. The molecule has 1 aromatic heterocycles. The highest BCUT2D eigenvalue weighted by Gasteiger charge is 2.21. The Morgan fingerprint density at radius 3 is 2.47 bits per heavy atom. The SMILES string of the molecule is CN(CC(C)(C)C)C(=O)n1cc[n+](C)c1. The fraction of sp³-hybridized carbons (Fsp3) is 0.636. The molecular weight excluding hydrogens is 190 g/mol. The van der Waals surface area contributed by atoms with Gasteiger partial charge in [0.2, 0.25) is 0 Å². The van der Waals surface area contributed by atoms with Gasteiger partial charge in [-0.1, -0.05) is 20.8 Å². The quantitative estimate of drug-likeness (QED) is 0.642. The minimum atomic E-state index is 0.00512. The Hall–Kier alpha value is -1.32. The van der Waals surface area contributed by atoms with E-state index >= 15 is 0 Å². The summed E-state index contributed by atoms with van der Waals surface area (Å²) in [6.45, 7) is 7.10. The Bertz CT molecular complexity index is 349. The molecule has 0 saturated heterocycles. The number of aromatic nitrogens is 2. The molecule has 15 heavy (non-hydrogen) atoms. The van der Waals surface area contributed by atoms with Gasteiger partial charge in [0.1, 0.15) is 12.4 Å². The number of rotatable bonds is 1. The molecule has 4 heteroatoms. The van der Waals surface area contributed by atoms with E-state index in [1.54, 1.807) is 22.0 Å². The largest absolute Gasteiger partial charge is 0.415 e. The number of hydrogen-bond donors (Lipinski definition) is 0. The summed E-state index contributed by atoms with van der Waals surface area (Å²) in [6.07, 6.45) is 5.38. The zero-order valence-corrected chi connectivity index (χ0v) is 10.2. The summed E-state index contributed by atoms with van der Waals surface area (Å²) in [5.41, 5.74) is 0.125. The zero-order valence-electron chi connectivity index (χ0n) is 10.2. The van der Waals surface area contributed by atoms with Crippen LogP contribution in [0.4, 0.5) is 4.79 Å². The van der Waals surface area contributed by atoms with Crippen LogP contribution in [0.25, 0.3) is 0 Å². The lowest BCUT2D eigenvalue weighted by Gasteiger charge is -2.24. The third-order valence-corrected chi connectivity index (χ3v) is 2.03. The van der Waals surface area contributed by atoms with E-state index in [9.17, 15) is 4.79 Å². The maximum Gasteiger partial charge on any atom is 0.415 e. The van der Waals surface area contributed by atoms with Crippen LogP contribution in [-0.4, -0.2) is 29.1 Å². The average Bonchev–Trinajstić information content (AvgIpc) is 2.47. The van der Waals surface area contributed by atoms with Crippen molar-refractivity contribution in [2.24, 2.45) is 12.5 Å². The van der Waals surface area contributed by atoms with Gasteiger partial charge in [-0.05, 0) is 5.41 Å².